The maximum absolute atomic E-state index is 12.2. The molecule has 0 bridgehead atoms. The molecule has 0 saturated carbocycles. The zero-order valence-electron chi connectivity index (χ0n) is 12.1. The minimum atomic E-state index is -3.41. The molecule has 0 unspecified atom stereocenters. The van der Waals surface area contributed by atoms with Crippen molar-refractivity contribution < 1.29 is 18.3 Å². The van der Waals surface area contributed by atoms with Crippen LogP contribution < -0.4 is 0 Å². The maximum Gasteiger partial charge on any atom is 0.336 e. The Morgan fingerprint density at radius 3 is 2.38 bits per heavy atom. The van der Waals surface area contributed by atoms with E-state index in [1.807, 2.05) is 0 Å². The fourth-order valence-corrected chi connectivity index (χ4v) is 3.86. The molecule has 0 radical (unpaired) electrons. The van der Waals surface area contributed by atoms with Gasteiger partial charge in [-0.3, -0.25) is 0 Å². The Hall–Kier alpha value is -0.880. The van der Waals surface area contributed by atoms with Crippen molar-refractivity contribution in [3.05, 3.63) is 28.2 Å². The number of hydrogen-bond donors (Lipinski definition) is 1. The standard InChI is InChI=1S/C15H21BrO4S/c1-2-3-4-5-6-7-10-21(19,20)12-8-9-14(16)13(11-12)15(17)18/h8-9,11H,2-7,10H2,1H3,(H,17,18). The first kappa shape index (κ1) is 18.2. The molecule has 0 saturated heterocycles. The number of unbranched alkanes of at least 4 members (excludes halogenated alkanes) is 5. The SMILES string of the molecule is CCCCCCCCS(=O)(=O)c1ccc(Br)c(C(=O)O)c1. The molecule has 0 atom stereocenters. The van der Waals surface area contributed by atoms with Crippen LogP contribution in [0.15, 0.2) is 27.6 Å². The van der Waals surface area contributed by atoms with Crippen molar-refractivity contribution in [2.24, 2.45) is 0 Å². The van der Waals surface area contributed by atoms with Gasteiger partial charge in [-0.05, 0) is 40.5 Å². The zero-order chi connectivity index (χ0) is 15.9. The Labute approximate surface area is 134 Å². The van der Waals surface area contributed by atoms with Crippen LogP contribution in [0.4, 0.5) is 0 Å². The van der Waals surface area contributed by atoms with Crippen LogP contribution in [0.25, 0.3) is 0 Å². The maximum atomic E-state index is 12.2. The van der Waals surface area contributed by atoms with Crippen molar-refractivity contribution in [3.8, 4) is 0 Å². The van der Waals surface area contributed by atoms with E-state index >= 15 is 0 Å². The van der Waals surface area contributed by atoms with Crippen molar-refractivity contribution in [1.82, 2.24) is 0 Å². The minimum absolute atomic E-state index is 0.0287. The molecule has 4 nitrogen and oxygen atoms in total. The minimum Gasteiger partial charge on any atom is -0.478 e. The normalized spacial score (nSPS) is 11.5. The summed E-state index contributed by atoms with van der Waals surface area (Å²) in [5, 5.41) is 9.03. The lowest BCUT2D eigenvalue weighted by atomic mass is 10.1. The highest BCUT2D eigenvalue weighted by atomic mass is 79.9. The average molecular weight is 377 g/mol. The van der Waals surface area contributed by atoms with Crippen LogP contribution in [0.5, 0.6) is 0 Å². The number of sulfone groups is 1. The second-order valence-electron chi connectivity index (χ2n) is 5.03. The summed E-state index contributed by atoms with van der Waals surface area (Å²) in [4.78, 5) is 11.1. The third kappa shape index (κ3) is 5.79. The first-order chi connectivity index (χ1) is 9.88. The highest BCUT2D eigenvalue weighted by Gasteiger charge is 2.18. The van der Waals surface area contributed by atoms with E-state index in [2.05, 4.69) is 22.9 Å². The highest BCUT2D eigenvalue weighted by Crippen LogP contribution is 2.22. The van der Waals surface area contributed by atoms with Crippen molar-refractivity contribution in [3.63, 3.8) is 0 Å². The summed E-state index contributed by atoms with van der Waals surface area (Å²) in [5.74, 6) is -1.07. The summed E-state index contributed by atoms with van der Waals surface area (Å²) in [5.41, 5.74) is -0.0287. The molecule has 0 aromatic heterocycles. The number of carboxylic acids is 1. The van der Waals surface area contributed by atoms with Crippen LogP contribution in [-0.4, -0.2) is 25.2 Å². The van der Waals surface area contributed by atoms with E-state index in [1.54, 1.807) is 0 Å². The van der Waals surface area contributed by atoms with Gasteiger partial charge in [-0.25, -0.2) is 13.2 Å². The van der Waals surface area contributed by atoms with Crippen molar-refractivity contribution in [2.75, 3.05) is 5.75 Å². The molecule has 0 spiro atoms. The van der Waals surface area contributed by atoms with Gasteiger partial charge in [0.25, 0.3) is 0 Å². The summed E-state index contributed by atoms with van der Waals surface area (Å²) >= 11 is 3.11. The summed E-state index contributed by atoms with van der Waals surface area (Å²) in [6, 6.07) is 4.14. The molecular weight excluding hydrogens is 356 g/mol. The zero-order valence-corrected chi connectivity index (χ0v) is 14.5. The molecule has 21 heavy (non-hydrogen) atoms. The summed E-state index contributed by atoms with van der Waals surface area (Å²) < 4.78 is 24.8. The number of carbonyl (C=O) groups is 1. The molecule has 0 fully saturated rings. The molecule has 0 heterocycles. The second-order valence-corrected chi connectivity index (χ2v) is 8.00. The molecule has 0 amide bonds. The lowest BCUT2D eigenvalue weighted by molar-refractivity contribution is 0.0695. The lowest BCUT2D eigenvalue weighted by Crippen LogP contribution is -2.09. The number of rotatable bonds is 9. The monoisotopic (exact) mass is 376 g/mol. The second kappa shape index (κ2) is 8.54. The predicted octanol–water partition coefficient (Wildman–Crippen LogP) is 4.28. The van der Waals surface area contributed by atoms with E-state index in [0.29, 0.717) is 10.9 Å². The number of benzene rings is 1. The van der Waals surface area contributed by atoms with Gasteiger partial charge in [0.15, 0.2) is 9.84 Å². The lowest BCUT2D eigenvalue weighted by Gasteiger charge is -2.07. The van der Waals surface area contributed by atoms with Gasteiger partial charge in [0.05, 0.1) is 16.2 Å². The molecular formula is C15H21BrO4S. The first-order valence-corrected chi connectivity index (χ1v) is 9.58. The largest absolute Gasteiger partial charge is 0.478 e. The van der Waals surface area contributed by atoms with Gasteiger partial charge in [-0.2, -0.15) is 0 Å². The first-order valence-electron chi connectivity index (χ1n) is 7.14. The van der Waals surface area contributed by atoms with Crippen molar-refractivity contribution in [2.45, 2.75) is 50.3 Å². The third-order valence-electron chi connectivity index (χ3n) is 3.29. The van der Waals surface area contributed by atoms with Gasteiger partial charge in [-0.15, -0.1) is 0 Å². The summed E-state index contributed by atoms with van der Waals surface area (Å²) in [7, 11) is -3.41. The van der Waals surface area contributed by atoms with Gasteiger partial charge in [0.2, 0.25) is 0 Å². The van der Waals surface area contributed by atoms with Crippen LogP contribution in [0.2, 0.25) is 0 Å². The number of halogens is 1. The van der Waals surface area contributed by atoms with E-state index in [-0.39, 0.29) is 16.2 Å². The average Bonchev–Trinajstić information content (AvgIpc) is 2.42. The molecule has 0 aliphatic rings. The van der Waals surface area contributed by atoms with Gasteiger partial charge in [-0.1, -0.05) is 39.0 Å². The highest BCUT2D eigenvalue weighted by molar-refractivity contribution is 9.10. The van der Waals surface area contributed by atoms with E-state index in [9.17, 15) is 13.2 Å². The number of carboxylic acid groups (broad SMARTS) is 1. The van der Waals surface area contributed by atoms with Crippen molar-refractivity contribution in [1.29, 1.82) is 0 Å². The van der Waals surface area contributed by atoms with Crippen LogP contribution >= 0.6 is 15.9 Å². The quantitative estimate of drug-likeness (QED) is 0.652. The molecule has 1 N–H and O–H groups in total. The van der Waals surface area contributed by atoms with Gasteiger partial charge in [0, 0.05) is 4.47 Å². The molecule has 1 rings (SSSR count). The van der Waals surface area contributed by atoms with Crippen molar-refractivity contribution >= 4 is 31.7 Å². The molecule has 1 aromatic rings. The Balaban J connectivity index is 2.66. The fraction of sp³-hybridized carbons (Fsp3) is 0.533. The predicted molar refractivity (Wildman–Crippen MR) is 86.5 cm³/mol. The third-order valence-corrected chi connectivity index (χ3v) is 5.78. The number of hydrogen-bond acceptors (Lipinski definition) is 3. The van der Waals surface area contributed by atoms with Gasteiger partial charge >= 0.3 is 5.97 Å². The number of aromatic carboxylic acids is 1. The molecule has 0 aliphatic carbocycles. The molecule has 118 valence electrons. The van der Waals surface area contributed by atoms with E-state index in [0.717, 1.165) is 25.7 Å². The van der Waals surface area contributed by atoms with E-state index in [4.69, 9.17) is 5.11 Å². The molecule has 1 aromatic carbocycles. The van der Waals surface area contributed by atoms with Crippen LogP contribution in [0.3, 0.4) is 0 Å². The van der Waals surface area contributed by atoms with E-state index in [1.165, 1.54) is 24.6 Å². The Bertz CT molecular complexity index is 581. The Morgan fingerprint density at radius 1 is 1.14 bits per heavy atom. The molecule has 6 heteroatoms. The summed E-state index contributed by atoms with van der Waals surface area (Å²) in [6.07, 6.45) is 6.03. The topological polar surface area (TPSA) is 71.4 Å². The van der Waals surface area contributed by atoms with Crippen LogP contribution in [-0.2, 0) is 9.84 Å². The smallest absolute Gasteiger partial charge is 0.336 e. The van der Waals surface area contributed by atoms with E-state index < -0.39 is 15.8 Å². The Morgan fingerprint density at radius 2 is 1.76 bits per heavy atom. The van der Waals surface area contributed by atoms with Gasteiger partial charge in [0.1, 0.15) is 0 Å². The van der Waals surface area contributed by atoms with Crippen LogP contribution in [0, 0.1) is 0 Å². The van der Waals surface area contributed by atoms with Crippen LogP contribution in [0.1, 0.15) is 55.8 Å². The fourth-order valence-electron chi connectivity index (χ4n) is 2.05. The molecule has 0 aliphatic heterocycles. The summed E-state index contributed by atoms with van der Waals surface area (Å²) in [6.45, 7) is 2.14. The van der Waals surface area contributed by atoms with Gasteiger partial charge < -0.3 is 5.11 Å². The Kier molecular flexibility index (Phi) is 7.39.